The number of carbonyl (C=O) groups is 1. The number of fused-ring (bicyclic) bond motifs is 1. The molecule has 0 spiro atoms. The lowest BCUT2D eigenvalue weighted by atomic mass is 10.1. The lowest BCUT2D eigenvalue weighted by Crippen LogP contribution is -2.29. The molecule has 0 saturated carbocycles. The van der Waals surface area contributed by atoms with Crippen LogP contribution in [-0.4, -0.2) is 20.4 Å². The molecule has 2 aromatic heterocycles. The van der Waals surface area contributed by atoms with Gasteiger partial charge in [0.25, 0.3) is 17.2 Å². The molecule has 0 aliphatic carbocycles. The largest absolute Gasteiger partial charge is 0.310 e. The zero-order chi connectivity index (χ0) is 22.1. The summed E-state index contributed by atoms with van der Waals surface area (Å²) in [7, 11) is 0. The third-order valence-electron chi connectivity index (χ3n) is 4.91. The summed E-state index contributed by atoms with van der Waals surface area (Å²) >= 11 is 1.11. The van der Waals surface area contributed by atoms with Gasteiger partial charge < -0.3 is 4.57 Å². The molecule has 8 nitrogen and oxygen atoms in total. The highest BCUT2D eigenvalue weighted by atomic mass is 32.1. The minimum Gasteiger partial charge on any atom is -0.310 e. The SMILES string of the molecule is Cc1ccc(C)c(Cn2cccc(C(=O)Nc3nc4ccc([N+](=O)[O-])cc4s3)c2=O)c1. The van der Waals surface area contributed by atoms with Gasteiger partial charge in [0.05, 0.1) is 21.7 Å². The van der Waals surface area contributed by atoms with Crippen LogP contribution in [0.15, 0.2) is 59.5 Å². The highest BCUT2D eigenvalue weighted by Gasteiger charge is 2.16. The first-order valence-electron chi connectivity index (χ1n) is 9.44. The van der Waals surface area contributed by atoms with Gasteiger partial charge in [0.2, 0.25) is 0 Å². The summed E-state index contributed by atoms with van der Waals surface area (Å²) in [5.41, 5.74) is 3.25. The third-order valence-corrected chi connectivity index (χ3v) is 5.85. The smallest absolute Gasteiger partial charge is 0.270 e. The molecule has 0 saturated heterocycles. The van der Waals surface area contributed by atoms with Crippen LogP contribution in [0.3, 0.4) is 0 Å². The Morgan fingerprint density at radius 2 is 2.00 bits per heavy atom. The zero-order valence-corrected chi connectivity index (χ0v) is 17.6. The van der Waals surface area contributed by atoms with Crippen molar-refractivity contribution in [2.24, 2.45) is 0 Å². The Balaban J connectivity index is 1.60. The zero-order valence-electron chi connectivity index (χ0n) is 16.8. The monoisotopic (exact) mass is 434 g/mol. The van der Waals surface area contributed by atoms with Crippen molar-refractivity contribution in [3.8, 4) is 0 Å². The van der Waals surface area contributed by atoms with Crippen LogP contribution in [0.4, 0.5) is 10.8 Å². The lowest BCUT2D eigenvalue weighted by Gasteiger charge is -2.11. The summed E-state index contributed by atoms with van der Waals surface area (Å²) < 4.78 is 2.07. The molecule has 156 valence electrons. The summed E-state index contributed by atoms with van der Waals surface area (Å²) in [6.45, 7) is 4.33. The van der Waals surface area contributed by atoms with Crippen LogP contribution >= 0.6 is 11.3 Å². The van der Waals surface area contributed by atoms with E-state index in [0.717, 1.165) is 28.0 Å². The van der Waals surface area contributed by atoms with Crippen LogP contribution < -0.4 is 10.9 Å². The highest BCUT2D eigenvalue weighted by Crippen LogP contribution is 2.29. The highest BCUT2D eigenvalue weighted by molar-refractivity contribution is 7.22. The average molecular weight is 434 g/mol. The molecule has 0 fully saturated rings. The Morgan fingerprint density at radius 1 is 1.19 bits per heavy atom. The molecule has 9 heteroatoms. The number of carbonyl (C=O) groups excluding carboxylic acids is 1. The molecular weight excluding hydrogens is 416 g/mol. The lowest BCUT2D eigenvalue weighted by molar-refractivity contribution is -0.384. The van der Waals surface area contributed by atoms with Gasteiger partial charge in [-0.3, -0.25) is 25.0 Å². The summed E-state index contributed by atoms with van der Waals surface area (Å²) in [6.07, 6.45) is 1.65. The second kappa shape index (κ2) is 8.11. The van der Waals surface area contributed by atoms with E-state index in [0.29, 0.717) is 16.8 Å². The first-order chi connectivity index (χ1) is 14.8. The number of rotatable bonds is 5. The quantitative estimate of drug-likeness (QED) is 0.373. The van der Waals surface area contributed by atoms with Crippen molar-refractivity contribution in [2.75, 3.05) is 5.32 Å². The second-order valence-corrected chi connectivity index (χ2v) is 8.20. The minimum atomic E-state index is -0.575. The first-order valence-corrected chi connectivity index (χ1v) is 10.3. The summed E-state index contributed by atoms with van der Waals surface area (Å²) in [5, 5.41) is 13.8. The molecule has 4 rings (SSSR count). The second-order valence-electron chi connectivity index (χ2n) is 7.17. The molecule has 1 N–H and O–H groups in total. The molecule has 0 radical (unpaired) electrons. The molecule has 4 aromatic rings. The van der Waals surface area contributed by atoms with E-state index in [1.807, 2.05) is 32.0 Å². The van der Waals surface area contributed by atoms with Crippen molar-refractivity contribution >= 4 is 38.3 Å². The molecule has 0 atom stereocenters. The van der Waals surface area contributed by atoms with Crippen LogP contribution in [0, 0.1) is 24.0 Å². The molecule has 0 aliphatic rings. The predicted molar refractivity (Wildman–Crippen MR) is 120 cm³/mol. The van der Waals surface area contributed by atoms with Gasteiger partial charge in [-0.2, -0.15) is 0 Å². The van der Waals surface area contributed by atoms with Gasteiger partial charge in [0.15, 0.2) is 5.13 Å². The number of aromatic nitrogens is 2. The third kappa shape index (κ3) is 4.22. The van der Waals surface area contributed by atoms with Gasteiger partial charge in [0.1, 0.15) is 5.56 Å². The Bertz CT molecular complexity index is 1390. The molecule has 2 heterocycles. The van der Waals surface area contributed by atoms with E-state index < -0.39 is 16.4 Å². The fourth-order valence-corrected chi connectivity index (χ4v) is 4.13. The molecule has 2 aromatic carbocycles. The van der Waals surface area contributed by atoms with Crippen LogP contribution in [-0.2, 0) is 6.54 Å². The number of benzene rings is 2. The van der Waals surface area contributed by atoms with E-state index in [1.54, 1.807) is 12.3 Å². The van der Waals surface area contributed by atoms with Crippen LogP contribution in [0.5, 0.6) is 0 Å². The Kier molecular flexibility index (Phi) is 5.35. The Hall–Kier alpha value is -3.85. The summed E-state index contributed by atoms with van der Waals surface area (Å²) in [6, 6.07) is 13.5. The summed E-state index contributed by atoms with van der Waals surface area (Å²) in [4.78, 5) is 40.4. The predicted octanol–water partition coefficient (Wildman–Crippen LogP) is 4.28. The van der Waals surface area contributed by atoms with Crippen molar-refractivity contribution in [2.45, 2.75) is 20.4 Å². The topological polar surface area (TPSA) is 107 Å². The fourth-order valence-electron chi connectivity index (χ4n) is 3.23. The molecule has 0 bridgehead atoms. The van der Waals surface area contributed by atoms with E-state index in [-0.39, 0.29) is 16.4 Å². The number of nitro benzene ring substituents is 1. The van der Waals surface area contributed by atoms with Crippen molar-refractivity contribution in [3.05, 3.63) is 97.4 Å². The summed E-state index contributed by atoms with van der Waals surface area (Å²) in [5.74, 6) is -0.575. The van der Waals surface area contributed by atoms with E-state index in [4.69, 9.17) is 0 Å². The van der Waals surface area contributed by atoms with Crippen molar-refractivity contribution < 1.29 is 9.72 Å². The standard InChI is InChI=1S/C22H18N4O4S/c1-13-5-6-14(2)15(10-13)12-25-9-3-4-17(21(25)28)20(27)24-22-23-18-8-7-16(26(29)30)11-19(18)31-22/h3-11H,12H2,1-2H3,(H,23,24,27). The number of nitro groups is 1. The van der Waals surface area contributed by atoms with Gasteiger partial charge in [-0.1, -0.05) is 35.1 Å². The Labute approximate surface area is 181 Å². The number of nitrogens with zero attached hydrogens (tertiary/aromatic N) is 3. The van der Waals surface area contributed by atoms with E-state index >= 15 is 0 Å². The normalized spacial score (nSPS) is 10.9. The fraction of sp³-hybridized carbons (Fsp3) is 0.136. The van der Waals surface area contributed by atoms with E-state index in [9.17, 15) is 19.7 Å². The number of nitrogens with one attached hydrogen (secondary N) is 1. The van der Waals surface area contributed by atoms with Crippen LogP contribution in [0.25, 0.3) is 10.2 Å². The molecule has 1 amide bonds. The maximum Gasteiger partial charge on any atom is 0.270 e. The molecule has 0 unspecified atom stereocenters. The molecule has 31 heavy (non-hydrogen) atoms. The maximum atomic E-state index is 12.9. The number of non-ortho nitro benzene ring substituents is 1. The van der Waals surface area contributed by atoms with Gasteiger partial charge in [-0.15, -0.1) is 0 Å². The van der Waals surface area contributed by atoms with E-state index in [2.05, 4.69) is 10.3 Å². The molecule has 0 aliphatic heterocycles. The number of anilines is 1. The number of amides is 1. The number of pyridine rings is 1. The number of hydrogen-bond donors (Lipinski definition) is 1. The van der Waals surface area contributed by atoms with Gasteiger partial charge in [-0.05, 0) is 43.2 Å². The number of aryl methyl sites for hydroxylation is 2. The number of thiazole rings is 1. The van der Waals surface area contributed by atoms with Gasteiger partial charge in [-0.25, -0.2) is 4.98 Å². The number of hydrogen-bond acceptors (Lipinski definition) is 6. The van der Waals surface area contributed by atoms with Crippen molar-refractivity contribution in [1.29, 1.82) is 0 Å². The van der Waals surface area contributed by atoms with Crippen molar-refractivity contribution in [1.82, 2.24) is 9.55 Å². The average Bonchev–Trinajstić information content (AvgIpc) is 3.13. The van der Waals surface area contributed by atoms with E-state index in [1.165, 1.54) is 28.8 Å². The minimum absolute atomic E-state index is 0.00181. The van der Waals surface area contributed by atoms with Crippen molar-refractivity contribution in [3.63, 3.8) is 0 Å². The molecular formula is C22H18N4O4S. The van der Waals surface area contributed by atoms with Crippen LogP contribution in [0.2, 0.25) is 0 Å². The first kappa shape index (κ1) is 20.4. The van der Waals surface area contributed by atoms with Crippen LogP contribution in [0.1, 0.15) is 27.0 Å². The maximum absolute atomic E-state index is 12.9. The van der Waals surface area contributed by atoms with Gasteiger partial charge >= 0.3 is 0 Å². The van der Waals surface area contributed by atoms with Gasteiger partial charge in [0, 0.05) is 18.3 Å². The Morgan fingerprint density at radius 3 is 2.77 bits per heavy atom.